The Morgan fingerprint density at radius 1 is 0.943 bits per heavy atom. The van der Waals surface area contributed by atoms with Gasteiger partial charge < -0.3 is 34.4 Å². The second kappa shape index (κ2) is 15.3. The summed E-state index contributed by atoms with van der Waals surface area (Å²) >= 11 is 3.62. The van der Waals surface area contributed by atoms with Crippen LogP contribution in [0.1, 0.15) is 37.0 Å². The van der Waals surface area contributed by atoms with Crippen LogP contribution in [0.15, 0.2) is 108 Å². The van der Waals surface area contributed by atoms with Crippen LogP contribution in [-0.4, -0.2) is 83.8 Å². The standard InChI is InChI=1S/C41H42BrN3O8/c1-25-35(27-14-8-4-9-15-27)52-40(50)33-34-38(48)45(29(24-46)22-26-12-6-3-7-13-26)37(41(34)23-31(42)36(33)53-41)39(49)44(21-11-5-10-16-32(47)43-25)28-17-19-30(51-2)20-18-28/h3-9,11-15,17-20,23,25,29,33-37,46H,10,16,21-22,24H2,1-2H3,(H,43,47)/b11-5-/t25-,29-,33+,34-,35+,36+,37+,41-/m1/s1. The van der Waals surface area contributed by atoms with Crippen LogP contribution in [0.25, 0.3) is 0 Å². The number of aliphatic hydroxyl groups is 1. The van der Waals surface area contributed by atoms with Crippen molar-refractivity contribution in [3.8, 4) is 5.75 Å². The predicted molar refractivity (Wildman–Crippen MR) is 200 cm³/mol. The molecule has 0 unspecified atom stereocenters. The number of likely N-dealkylation sites (tertiary alicyclic amines) is 1. The molecule has 2 fully saturated rings. The Balaban J connectivity index is 1.37. The number of rotatable bonds is 7. The summed E-state index contributed by atoms with van der Waals surface area (Å²) in [5.74, 6) is -3.51. The first-order valence-electron chi connectivity index (χ1n) is 17.8. The van der Waals surface area contributed by atoms with Crippen molar-refractivity contribution >= 4 is 45.3 Å². The Bertz CT molecular complexity index is 1900. The van der Waals surface area contributed by atoms with Crippen LogP contribution >= 0.6 is 15.9 Å². The van der Waals surface area contributed by atoms with E-state index in [2.05, 4.69) is 21.2 Å². The number of ether oxygens (including phenoxy) is 3. The number of nitrogens with zero attached hydrogens (tertiary/aromatic N) is 2. The van der Waals surface area contributed by atoms with E-state index in [1.807, 2.05) is 72.8 Å². The molecule has 2 N–H and O–H groups in total. The van der Waals surface area contributed by atoms with Gasteiger partial charge in [0.25, 0.3) is 5.91 Å². The summed E-state index contributed by atoms with van der Waals surface area (Å²) in [7, 11) is 1.55. The molecular weight excluding hydrogens is 742 g/mol. The highest BCUT2D eigenvalue weighted by Crippen LogP contribution is 2.59. The zero-order chi connectivity index (χ0) is 37.3. The van der Waals surface area contributed by atoms with Gasteiger partial charge in [0, 0.05) is 23.1 Å². The molecule has 8 atom stereocenters. The van der Waals surface area contributed by atoms with Crippen LogP contribution < -0.4 is 15.0 Å². The molecule has 4 heterocycles. The SMILES string of the molecule is COc1ccc(N2C/C=C\CCC(=O)N[C@H](C)[C@@H](c3ccccc3)OC(=O)[C@@H]3[C@H]4O[C@@]5(C=C4Br)[C@H](C2=O)N([C@@H](CO)Cc2ccccc2)C(=O)[C@@H]35)cc1. The number of anilines is 1. The van der Waals surface area contributed by atoms with Crippen molar-refractivity contribution in [3.05, 3.63) is 119 Å². The molecule has 3 aromatic carbocycles. The predicted octanol–water partition coefficient (Wildman–Crippen LogP) is 4.64. The van der Waals surface area contributed by atoms with Gasteiger partial charge in [-0.15, -0.1) is 0 Å². The molecule has 11 nitrogen and oxygen atoms in total. The maximum Gasteiger partial charge on any atom is 0.313 e. The first kappa shape index (κ1) is 36.6. The Labute approximate surface area is 316 Å². The van der Waals surface area contributed by atoms with Crippen LogP contribution in [0, 0.1) is 11.8 Å². The van der Waals surface area contributed by atoms with E-state index in [1.54, 1.807) is 49.3 Å². The van der Waals surface area contributed by atoms with Gasteiger partial charge in [0.1, 0.15) is 35.5 Å². The van der Waals surface area contributed by atoms with Crippen molar-refractivity contribution in [1.82, 2.24) is 10.2 Å². The van der Waals surface area contributed by atoms with Crippen LogP contribution in [0.5, 0.6) is 5.75 Å². The smallest absolute Gasteiger partial charge is 0.313 e. The quantitative estimate of drug-likeness (QED) is 0.262. The zero-order valence-electron chi connectivity index (χ0n) is 29.5. The third-order valence-electron chi connectivity index (χ3n) is 10.6. The number of hydrogen-bond donors (Lipinski definition) is 2. The molecule has 3 aromatic rings. The number of cyclic esters (lactones) is 1. The highest BCUT2D eigenvalue weighted by Gasteiger charge is 2.75. The van der Waals surface area contributed by atoms with E-state index in [0.29, 0.717) is 27.9 Å². The molecule has 0 aromatic heterocycles. The van der Waals surface area contributed by atoms with E-state index in [1.165, 1.54) is 4.90 Å². The van der Waals surface area contributed by atoms with Gasteiger partial charge >= 0.3 is 5.97 Å². The molecule has 12 heteroatoms. The van der Waals surface area contributed by atoms with Gasteiger partial charge in [0.05, 0.1) is 31.7 Å². The second-order valence-corrected chi connectivity index (χ2v) is 14.8. The summed E-state index contributed by atoms with van der Waals surface area (Å²) in [6.07, 6.45) is 4.46. The normalized spacial score (nSPS) is 30.0. The fourth-order valence-electron chi connectivity index (χ4n) is 8.19. The minimum Gasteiger partial charge on any atom is -0.497 e. The fourth-order valence-corrected chi connectivity index (χ4v) is 8.92. The molecule has 5 bridgehead atoms. The van der Waals surface area contributed by atoms with Crippen molar-refractivity contribution in [1.29, 1.82) is 0 Å². The third kappa shape index (κ3) is 6.79. The minimum absolute atomic E-state index is 0.112. The first-order chi connectivity index (χ1) is 25.7. The Hall–Kier alpha value is -4.78. The highest BCUT2D eigenvalue weighted by atomic mass is 79.9. The Morgan fingerprint density at radius 2 is 1.64 bits per heavy atom. The lowest BCUT2D eigenvalue weighted by molar-refractivity contribution is -0.161. The van der Waals surface area contributed by atoms with E-state index in [-0.39, 0.29) is 25.3 Å². The van der Waals surface area contributed by atoms with Gasteiger partial charge in [-0.3, -0.25) is 19.2 Å². The first-order valence-corrected chi connectivity index (χ1v) is 18.6. The lowest BCUT2D eigenvalue weighted by Gasteiger charge is -2.38. The number of carbonyl (C=O) groups is 4. The molecule has 3 amide bonds. The third-order valence-corrected chi connectivity index (χ3v) is 11.3. The van der Waals surface area contributed by atoms with Crippen molar-refractivity contribution in [2.45, 2.75) is 62.1 Å². The van der Waals surface area contributed by atoms with Crippen LogP contribution in [0.2, 0.25) is 0 Å². The summed E-state index contributed by atoms with van der Waals surface area (Å²) in [4.78, 5) is 61.0. The number of aliphatic hydroxyl groups excluding tert-OH is 1. The molecule has 0 saturated carbocycles. The van der Waals surface area contributed by atoms with E-state index < -0.39 is 72.2 Å². The van der Waals surface area contributed by atoms with Crippen molar-refractivity contribution in [3.63, 3.8) is 0 Å². The Kier molecular flexibility index (Phi) is 10.6. The summed E-state index contributed by atoms with van der Waals surface area (Å²) in [6, 6.07) is 22.9. The largest absolute Gasteiger partial charge is 0.497 e. The molecule has 7 rings (SSSR count). The van der Waals surface area contributed by atoms with Crippen molar-refractivity contribution in [2.24, 2.45) is 11.8 Å². The maximum atomic E-state index is 15.3. The number of nitrogens with one attached hydrogen (secondary N) is 1. The average molecular weight is 785 g/mol. The summed E-state index contributed by atoms with van der Waals surface area (Å²) < 4.78 is 18.9. The molecule has 0 radical (unpaired) electrons. The topological polar surface area (TPSA) is 135 Å². The Morgan fingerprint density at radius 3 is 2.32 bits per heavy atom. The molecule has 276 valence electrons. The van der Waals surface area contributed by atoms with Gasteiger partial charge in [-0.05, 0) is 61.2 Å². The highest BCUT2D eigenvalue weighted by molar-refractivity contribution is 9.11. The van der Waals surface area contributed by atoms with E-state index in [9.17, 15) is 14.7 Å². The van der Waals surface area contributed by atoms with Gasteiger partial charge in [0.2, 0.25) is 11.8 Å². The number of methoxy groups -OCH3 is 1. The summed E-state index contributed by atoms with van der Waals surface area (Å²) in [5, 5.41) is 13.9. The van der Waals surface area contributed by atoms with Crippen LogP contribution in [0.4, 0.5) is 5.69 Å². The van der Waals surface area contributed by atoms with Crippen LogP contribution in [-0.2, 0) is 35.1 Å². The summed E-state index contributed by atoms with van der Waals surface area (Å²) in [5.41, 5.74) is 0.517. The van der Waals surface area contributed by atoms with Crippen LogP contribution in [0.3, 0.4) is 0 Å². The lowest BCUT2D eigenvalue weighted by atomic mass is 9.74. The maximum absolute atomic E-state index is 15.3. The number of fused-ring (bicyclic) bond motifs is 2. The molecule has 4 aliphatic rings. The molecule has 0 aliphatic carbocycles. The van der Waals surface area contributed by atoms with E-state index in [4.69, 9.17) is 14.2 Å². The lowest BCUT2D eigenvalue weighted by Crippen LogP contribution is -2.59. The number of carbonyl (C=O) groups excluding carboxylic acids is 4. The van der Waals surface area contributed by atoms with E-state index in [0.717, 1.165) is 5.56 Å². The molecule has 1 spiro atoms. The molecule has 2 saturated heterocycles. The minimum atomic E-state index is -1.56. The number of amides is 3. The number of allylic oxidation sites excluding steroid dienone is 1. The molecule has 53 heavy (non-hydrogen) atoms. The summed E-state index contributed by atoms with van der Waals surface area (Å²) in [6.45, 7) is 1.45. The van der Waals surface area contributed by atoms with E-state index >= 15 is 9.59 Å². The van der Waals surface area contributed by atoms with Gasteiger partial charge in [-0.1, -0.05) is 88.7 Å². The van der Waals surface area contributed by atoms with Gasteiger partial charge in [-0.25, -0.2) is 0 Å². The monoisotopic (exact) mass is 783 g/mol. The number of benzene rings is 3. The molecular formula is C41H42BrN3O8. The number of halogens is 1. The average Bonchev–Trinajstić information content (AvgIpc) is 3.77. The second-order valence-electron chi connectivity index (χ2n) is 13.9. The fraction of sp³-hybridized carbons (Fsp3) is 0.366. The number of hydrogen-bond acceptors (Lipinski definition) is 8. The number of esters is 1. The van der Waals surface area contributed by atoms with Crippen molar-refractivity contribution in [2.75, 3.05) is 25.2 Å². The van der Waals surface area contributed by atoms with Crippen molar-refractivity contribution < 1.29 is 38.5 Å². The van der Waals surface area contributed by atoms with Gasteiger partial charge in [-0.2, -0.15) is 0 Å². The van der Waals surface area contributed by atoms with Gasteiger partial charge in [0.15, 0.2) is 0 Å². The zero-order valence-corrected chi connectivity index (χ0v) is 31.1. The molecule has 4 aliphatic heterocycles.